The van der Waals surface area contributed by atoms with E-state index < -0.39 is 23.1 Å². The summed E-state index contributed by atoms with van der Waals surface area (Å²) in [4.78, 5) is 57.0. The molecule has 3 heterocycles. The lowest BCUT2D eigenvalue weighted by Gasteiger charge is -2.30. The van der Waals surface area contributed by atoms with Crippen molar-refractivity contribution in [1.29, 1.82) is 0 Å². The zero-order valence-electron chi connectivity index (χ0n) is 22.3. The minimum Gasteiger partial charge on any atom is -0.489 e. The predicted molar refractivity (Wildman–Crippen MR) is 157 cm³/mol. The maximum Gasteiger partial charge on any atom is 0.338 e. The first kappa shape index (κ1) is 27.0. The quantitative estimate of drug-likeness (QED) is 0.232. The number of aromatic nitrogens is 1. The van der Waals surface area contributed by atoms with Gasteiger partial charge in [-0.05, 0) is 55.3 Å². The number of ether oxygens (including phenoxy) is 2. The number of imide groups is 1. The maximum atomic E-state index is 14.1. The Hall–Kier alpha value is -4.15. The topological polar surface area (TPSA) is 106 Å². The van der Waals surface area contributed by atoms with Gasteiger partial charge in [-0.15, -0.1) is 0 Å². The molecule has 2 unspecified atom stereocenters. The molecule has 4 aromatic rings. The third-order valence-corrected chi connectivity index (χ3v) is 9.76. The summed E-state index contributed by atoms with van der Waals surface area (Å²) in [7, 11) is 0. The van der Waals surface area contributed by atoms with E-state index in [1.807, 2.05) is 55.5 Å². The van der Waals surface area contributed by atoms with E-state index in [1.54, 1.807) is 31.2 Å². The van der Waals surface area contributed by atoms with Crippen molar-refractivity contribution in [3.63, 3.8) is 0 Å². The second-order valence-corrected chi connectivity index (χ2v) is 11.9. The Morgan fingerprint density at radius 3 is 2.44 bits per heavy atom. The second-order valence-electron chi connectivity index (χ2n) is 9.78. The van der Waals surface area contributed by atoms with Crippen LogP contribution in [0, 0.1) is 12.8 Å². The molecule has 8 nitrogen and oxygen atoms in total. The van der Waals surface area contributed by atoms with Crippen molar-refractivity contribution in [2.24, 2.45) is 5.92 Å². The van der Waals surface area contributed by atoms with Gasteiger partial charge in [0.2, 0.25) is 11.8 Å². The van der Waals surface area contributed by atoms with Gasteiger partial charge in [0.15, 0.2) is 0 Å². The van der Waals surface area contributed by atoms with Crippen molar-refractivity contribution < 1.29 is 23.9 Å². The van der Waals surface area contributed by atoms with Crippen LogP contribution in [-0.4, -0.2) is 34.6 Å². The number of H-pyrrole nitrogens is 1. The largest absolute Gasteiger partial charge is 0.489 e. The van der Waals surface area contributed by atoms with Gasteiger partial charge in [0, 0.05) is 16.4 Å². The second kappa shape index (κ2) is 11.0. The normalized spacial score (nSPS) is 19.6. The van der Waals surface area contributed by atoms with E-state index in [0.717, 1.165) is 28.0 Å². The Balaban J connectivity index is 1.38. The van der Waals surface area contributed by atoms with Crippen LogP contribution in [0.1, 0.15) is 44.8 Å². The van der Waals surface area contributed by atoms with E-state index >= 15 is 0 Å². The smallest absolute Gasteiger partial charge is 0.338 e. The van der Waals surface area contributed by atoms with Gasteiger partial charge in [0.05, 0.1) is 28.8 Å². The van der Waals surface area contributed by atoms with E-state index in [-0.39, 0.29) is 23.3 Å². The summed E-state index contributed by atoms with van der Waals surface area (Å²) in [5, 5.41) is -0.139. The predicted octanol–water partition coefficient (Wildman–Crippen LogP) is 5.30. The van der Waals surface area contributed by atoms with E-state index in [2.05, 4.69) is 4.98 Å². The summed E-state index contributed by atoms with van der Waals surface area (Å²) in [5.41, 5.74) is 3.59. The molecule has 1 saturated heterocycles. The van der Waals surface area contributed by atoms with Gasteiger partial charge in [-0.3, -0.25) is 14.4 Å². The molecule has 208 valence electrons. The van der Waals surface area contributed by atoms with Crippen LogP contribution in [0.4, 0.5) is 5.69 Å². The molecule has 0 aliphatic carbocycles. The van der Waals surface area contributed by atoms with Crippen molar-refractivity contribution in [2.45, 2.75) is 36.6 Å². The number of carbonyl (C=O) groups is 3. The number of anilines is 1. The monoisotopic (exact) mass is 586 g/mol. The number of esters is 1. The molecular formula is C31H26N2O6S2. The Morgan fingerprint density at radius 1 is 0.951 bits per heavy atom. The summed E-state index contributed by atoms with van der Waals surface area (Å²) in [5.74, 6) is -1.92. The molecule has 0 spiro atoms. The zero-order valence-corrected chi connectivity index (χ0v) is 23.9. The number of hydrogen-bond donors (Lipinski definition) is 1. The first-order valence-corrected chi connectivity index (χ1v) is 14.9. The number of thiazole rings is 1. The fourth-order valence-electron chi connectivity index (χ4n) is 5.36. The highest BCUT2D eigenvalue weighted by molar-refractivity contribution is 8.00. The van der Waals surface area contributed by atoms with Crippen LogP contribution in [0.3, 0.4) is 0 Å². The Bertz CT molecular complexity index is 1710. The van der Waals surface area contributed by atoms with Crippen molar-refractivity contribution in [2.75, 3.05) is 11.5 Å². The number of aromatic amines is 1. The van der Waals surface area contributed by atoms with Gasteiger partial charge in [0.25, 0.3) is 0 Å². The Labute approximate surface area is 244 Å². The minimum atomic E-state index is -0.751. The molecular weight excluding hydrogens is 560 g/mol. The molecule has 10 heteroatoms. The fraction of sp³-hybridized carbons (Fsp3) is 0.226. The van der Waals surface area contributed by atoms with E-state index in [0.29, 0.717) is 33.5 Å². The SMILES string of the molecule is CCOC(=O)c1ccc(N2C(=O)C3Sc4[nH]c(=O)sc4[C@H](c4ccccc4OCc4ccccc4C)C3C2=O)cc1. The summed E-state index contributed by atoms with van der Waals surface area (Å²) in [6.45, 7) is 4.32. The first-order valence-electron chi connectivity index (χ1n) is 13.2. The third kappa shape index (κ3) is 4.87. The van der Waals surface area contributed by atoms with E-state index in [9.17, 15) is 19.2 Å². The number of para-hydroxylation sites is 1. The molecule has 0 saturated carbocycles. The molecule has 1 fully saturated rings. The number of benzene rings is 3. The number of nitrogens with zero attached hydrogens (tertiary/aromatic N) is 1. The molecule has 2 aliphatic heterocycles. The lowest BCUT2D eigenvalue weighted by Crippen LogP contribution is -2.32. The van der Waals surface area contributed by atoms with Crippen molar-refractivity contribution in [1.82, 2.24) is 4.98 Å². The lowest BCUT2D eigenvalue weighted by molar-refractivity contribution is -0.122. The fourth-order valence-corrected chi connectivity index (χ4v) is 7.87. The lowest BCUT2D eigenvalue weighted by atomic mass is 9.82. The molecule has 0 bridgehead atoms. The molecule has 2 aliphatic rings. The van der Waals surface area contributed by atoms with E-state index in [4.69, 9.17) is 9.47 Å². The number of aryl methyl sites for hydroxylation is 1. The number of rotatable bonds is 7. The molecule has 1 aromatic heterocycles. The van der Waals surface area contributed by atoms with Gasteiger partial charge in [-0.2, -0.15) is 0 Å². The van der Waals surface area contributed by atoms with Crippen LogP contribution in [-0.2, 0) is 20.9 Å². The van der Waals surface area contributed by atoms with Crippen LogP contribution >= 0.6 is 23.1 Å². The Kier molecular flexibility index (Phi) is 7.27. The average molecular weight is 587 g/mol. The number of thioether (sulfide) groups is 1. The number of fused-ring (bicyclic) bond motifs is 2. The summed E-state index contributed by atoms with van der Waals surface area (Å²) >= 11 is 2.27. The summed E-state index contributed by atoms with van der Waals surface area (Å²) < 4.78 is 11.4. The average Bonchev–Trinajstić information content (AvgIpc) is 3.47. The van der Waals surface area contributed by atoms with Crippen LogP contribution in [0.15, 0.2) is 82.6 Å². The third-order valence-electron chi connectivity index (χ3n) is 7.36. The van der Waals surface area contributed by atoms with Crippen molar-refractivity contribution >= 4 is 46.6 Å². The molecule has 1 N–H and O–H groups in total. The van der Waals surface area contributed by atoms with Crippen molar-refractivity contribution in [3.8, 4) is 5.75 Å². The van der Waals surface area contributed by atoms with Gasteiger partial charge >= 0.3 is 10.8 Å². The van der Waals surface area contributed by atoms with Crippen LogP contribution in [0.2, 0.25) is 0 Å². The van der Waals surface area contributed by atoms with Crippen LogP contribution < -0.4 is 14.5 Å². The molecule has 2 amide bonds. The zero-order chi connectivity index (χ0) is 28.7. The standard InChI is InChI=1S/C31H26N2O6S2/c1-3-38-30(36)18-12-14-20(15-13-18)33-28(34)24-23(25-27(32-31(37)41-25)40-26(24)29(33)35)21-10-6-7-11-22(21)39-16-19-9-5-4-8-17(19)2/h4-15,23-24,26H,3,16H2,1-2H3,(H,32,37)/t23-,24?,26?/m1/s1. The summed E-state index contributed by atoms with van der Waals surface area (Å²) in [6, 6.07) is 21.7. The van der Waals surface area contributed by atoms with Gasteiger partial charge in [0.1, 0.15) is 17.6 Å². The molecule has 6 rings (SSSR count). The van der Waals surface area contributed by atoms with Gasteiger partial charge in [-0.25, -0.2) is 9.69 Å². The highest BCUT2D eigenvalue weighted by Crippen LogP contribution is 2.54. The number of carbonyl (C=O) groups excluding carboxylic acids is 3. The summed E-state index contributed by atoms with van der Waals surface area (Å²) in [6.07, 6.45) is 0. The number of amides is 2. The van der Waals surface area contributed by atoms with Gasteiger partial charge in [-0.1, -0.05) is 65.6 Å². The molecule has 3 aromatic carbocycles. The van der Waals surface area contributed by atoms with Gasteiger partial charge < -0.3 is 14.5 Å². The maximum absolute atomic E-state index is 14.1. The van der Waals surface area contributed by atoms with Crippen LogP contribution in [0.25, 0.3) is 0 Å². The molecule has 0 radical (unpaired) electrons. The van der Waals surface area contributed by atoms with E-state index in [1.165, 1.54) is 16.7 Å². The first-order chi connectivity index (χ1) is 19.9. The highest BCUT2D eigenvalue weighted by Gasteiger charge is 2.56. The highest BCUT2D eigenvalue weighted by atomic mass is 32.2. The van der Waals surface area contributed by atoms with Crippen LogP contribution in [0.5, 0.6) is 5.75 Å². The Morgan fingerprint density at radius 2 is 1.68 bits per heavy atom. The molecule has 3 atom stereocenters. The molecule has 41 heavy (non-hydrogen) atoms. The number of hydrogen-bond acceptors (Lipinski definition) is 8. The number of nitrogens with one attached hydrogen (secondary N) is 1. The minimum absolute atomic E-state index is 0.239. The van der Waals surface area contributed by atoms with Crippen molar-refractivity contribution in [3.05, 3.63) is 110 Å².